The smallest absolute Gasteiger partial charge is 0.319 e. The van der Waals surface area contributed by atoms with Gasteiger partial charge in [0.25, 0.3) is 0 Å². The fourth-order valence-electron chi connectivity index (χ4n) is 1.89. The molecule has 6 nitrogen and oxygen atoms in total. The molecule has 0 spiro atoms. The first-order chi connectivity index (χ1) is 9.68. The Hall–Kier alpha value is -1.69. The van der Waals surface area contributed by atoms with Crippen molar-refractivity contribution in [3.63, 3.8) is 0 Å². The number of carbonyl (C=O) groups excluding carboxylic acids is 1. The van der Waals surface area contributed by atoms with Crippen LogP contribution in [0.15, 0.2) is 12.4 Å². The predicted molar refractivity (Wildman–Crippen MR) is 83.2 cm³/mol. The number of aliphatic hydroxyl groups is 1. The van der Waals surface area contributed by atoms with Crippen molar-refractivity contribution in [2.75, 3.05) is 11.9 Å². The first-order valence-corrected chi connectivity index (χ1v) is 7.24. The lowest BCUT2D eigenvalue weighted by molar-refractivity contribution is 0.163. The van der Waals surface area contributed by atoms with Crippen LogP contribution in [0.5, 0.6) is 0 Å². The summed E-state index contributed by atoms with van der Waals surface area (Å²) < 4.78 is 0. The molecular formula is C15H26N4O2. The Balaban J connectivity index is 2.45. The minimum Gasteiger partial charge on any atom is -0.393 e. The van der Waals surface area contributed by atoms with E-state index in [1.165, 1.54) is 0 Å². The number of nitrogens with one attached hydrogen (secondary N) is 2. The van der Waals surface area contributed by atoms with Crippen LogP contribution in [-0.4, -0.2) is 33.8 Å². The minimum absolute atomic E-state index is 0.114. The Morgan fingerprint density at radius 1 is 1.29 bits per heavy atom. The summed E-state index contributed by atoms with van der Waals surface area (Å²) in [6, 6.07) is -0.292. The van der Waals surface area contributed by atoms with E-state index in [1.54, 1.807) is 19.3 Å². The van der Waals surface area contributed by atoms with E-state index in [9.17, 15) is 9.90 Å². The zero-order valence-electron chi connectivity index (χ0n) is 13.5. The fourth-order valence-corrected chi connectivity index (χ4v) is 1.89. The monoisotopic (exact) mass is 294 g/mol. The van der Waals surface area contributed by atoms with E-state index < -0.39 is 0 Å². The second-order valence-corrected chi connectivity index (χ2v) is 6.57. The lowest BCUT2D eigenvalue weighted by Crippen LogP contribution is -2.33. The van der Waals surface area contributed by atoms with Crippen LogP contribution < -0.4 is 10.6 Å². The first-order valence-electron chi connectivity index (χ1n) is 7.24. The van der Waals surface area contributed by atoms with E-state index in [1.807, 2.05) is 27.7 Å². The third-order valence-corrected chi connectivity index (χ3v) is 2.94. The van der Waals surface area contributed by atoms with Gasteiger partial charge in [0.15, 0.2) is 0 Å². The second kappa shape index (κ2) is 7.36. The second-order valence-electron chi connectivity index (χ2n) is 6.57. The predicted octanol–water partition coefficient (Wildman–Crippen LogP) is 2.30. The summed E-state index contributed by atoms with van der Waals surface area (Å²) in [5.41, 5.74) is 0.445. The van der Waals surface area contributed by atoms with Gasteiger partial charge in [-0.3, -0.25) is 0 Å². The molecule has 0 bridgehead atoms. The molecule has 2 unspecified atom stereocenters. The molecule has 2 atom stereocenters. The molecule has 0 aliphatic carbocycles. The van der Waals surface area contributed by atoms with Gasteiger partial charge in [-0.25, -0.2) is 14.8 Å². The SMILES string of the molecule is CC(O)CC(C)CNC(=O)Nc1cnc(C(C)(C)C)nc1. The third kappa shape index (κ3) is 6.53. The van der Waals surface area contributed by atoms with Crippen molar-refractivity contribution in [2.24, 2.45) is 5.92 Å². The maximum Gasteiger partial charge on any atom is 0.319 e. The maximum atomic E-state index is 11.7. The molecule has 21 heavy (non-hydrogen) atoms. The Morgan fingerprint density at radius 3 is 2.33 bits per heavy atom. The average molecular weight is 294 g/mol. The summed E-state index contributed by atoms with van der Waals surface area (Å²) in [7, 11) is 0. The van der Waals surface area contributed by atoms with Gasteiger partial charge in [0.05, 0.1) is 24.2 Å². The molecule has 0 saturated heterocycles. The molecule has 3 N–H and O–H groups in total. The molecule has 118 valence electrons. The van der Waals surface area contributed by atoms with E-state index in [2.05, 4.69) is 20.6 Å². The maximum absolute atomic E-state index is 11.7. The molecule has 0 radical (unpaired) electrons. The van der Waals surface area contributed by atoms with E-state index >= 15 is 0 Å². The Morgan fingerprint density at radius 2 is 1.86 bits per heavy atom. The fraction of sp³-hybridized carbons (Fsp3) is 0.667. The number of aromatic nitrogens is 2. The van der Waals surface area contributed by atoms with Gasteiger partial charge in [0.2, 0.25) is 0 Å². The molecule has 0 aliphatic rings. The molecule has 0 fully saturated rings. The van der Waals surface area contributed by atoms with Gasteiger partial charge < -0.3 is 15.7 Å². The summed E-state index contributed by atoms with van der Waals surface area (Å²) in [4.78, 5) is 20.2. The summed E-state index contributed by atoms with van der Waals surface area (Å²) in [5.74, 6) is 0.953. The van der Waals surface area contributed by atoms with Crippen LogP contribution >= 0.6 is 0 Å². The molecule has 2 amide bonds. The van der Waals surface area contributed by atoms with E-state index in [4.69, 9.17) is 0 Å². The Labute approximate surface area is 126 Å². The Kier molecular flexibility index (Phi) is 6.08. The number of carbonyl (C=O) groups is 1. The van der Waals surface area contributed by atoms with Crippen molar-refractivity contribution < 1.29 is 9.90 Å². The van der Waals surface area contributed by atoms with Crippen molar-refractivity contribution in [1.82, 2.24) is 15.3 Å². The van der Waals surface area contributed by atoms with Crippen LogP contribution in [0.1, 0.15) is 46.9 Å². The molecule has 1 rings (SSSR count). The number of urea groups is 1. The third-order valence-electron chi connectivity index (χ3n) is 2.94. The van der Waals surface area contributed by atoms with Crippen molar-refractivity contribution in [1.29, 1.82) is 0 Å². The van der Waals surface area contributed by atoms with Crippen LogP contribution in [0.4, 0.5) is 10.5 Å². The van der Waals surface area contributed by atoms with Crippen LogP contribution in [0.2, 0.25) is 0 Å². The summed E-state index contributed by atoms with van der Waals surface area (Å²) >= 11 is 0. The number of hydrogen-bond donors (Lipinski definition) is 3. The zero-order valence-corrected chi connectivity index (χ0v) is 13.5. The van der Waals surface area contributed by atoms with Gasteiger partial charge in [-0.1, -0.05) is 27.7 Å². The number of rotatable bonds is 5. The van der Waals surface area contributed by atoms with Gasteiger partial charge in [0, 0.05) is 12.0 Å². The quantitative estimate of drug-likeness (QED) is 0.777. The number of aliphatic hydroxyl groups excluding tert-OH is 1. The van der Waals surface area contributed by atoms with Crippen LogP contribution in [0, 0.1) is 5.92 Å². The summed E-state index contributed by atoms with van der Waals surface area (Å²) in [6.45, 7) is 10.3. The van der Waals surface area contributed by atoms with E-state index in [0.717, 1.165) is 5.82 Å². The zero-order chi connectivity index (χ0) is 16.0. The number of nitrogens with zero attached hydrogens (tertiary/aromatic N) is 2. The standard InChI is InChI=1S/C15H26N4O2/c1-10(6-11(2)20)7-18-14(21)19-12-8-16-13(17-9-12)15(3,4)5/h8-11,20H,6-7H2,1-5H3,(H2,18,19,21). The van der Waals surface area contributed by atoms with Gasteiger partial charge in [-0.05, 0) is 19.3 Å². The average Bonchev–Trinajstić information content (AvgIpc) is 2.35. The Bertz CT molecular complexity index is 452. The van der Waals surface area contributed by atoms with E-state index in [-0.39, 0.29) is 23.5 Å². The molecule has 1 heterocycles. The number of amides is 2. The van der Waals surface area contributed by atoms with Gasteiger partial charge in [0.1, 0.15) is 5.82 Å². The minimum atomic E-state index is -0.358. The van der Waals surface area contributed by atoms with Crippen molar-refractivity contribution in [3.8, 4) is 0 Å². The highest BCUT2D eigenvalue weighted by molar-refractivity contribution is 5.88. The topological polar surface area (TPSA) is 87.1 Å². The summed E-state index contributed by atoms with van der Waals surface area (Å²) in [6.07, 6.45) is 3.51. The van der Waals surface area contributed by atoms with Gasteiger partial charge in [-0.15, -0.1) is 0 Å². The first kappa shape index (κ1) is 17.4. The highest BCUT2D eigenvalue weighted by Gasteiger charge is 2.17. The summed E-state index contributed by atoms with van der Waals surface area (Å²) in [5, 5.41) is 14.7. The molecular weight excluding hydrogens is 268 g/mol. The van der Waals surface area contributed by atoms with Crippen LogP contribution in [0.25, 0.3) is 0 Å². The normalized spacial score (nSPS) is 14.4. The lowest BCUT2D eigenvalue weighted by atomic mass is 9.96. The molecule has 0 aliphatic heterocycles. The molecule has 6 heteroatoms. The van der Waals surface area contributed by atoms with Gasteiger partial charge in [-0.2, -0.15) is 0 Å². The molecule has 0 aromatic carbocycles. The van der Waals surface area contributed by atoms with Crippen molar-refractivity contribution in [3.05, 3.63) is 18.2 Å². The van der Waals surface area contributed by atoms with Crippen LogP contribution in [0.3, 0.4) is 0 Å². The van der Waals surface area contributed by atoms with Crippen LogP contribution in [-0.2, 0) is 5.41 Å². The largest absolute Gasteiger partial charge is 0.393 e. The van der Waals surface area contributed by atoms with E-state index in [0.29, 0.717) is 18.7 Å². The highest BCUT2D eigenvalue weighted by atomic mass is 16.3. The lowest BCUT2D eigenvalue weighted by Gasteiger charge is -2.17. The van der Waals surface area contributed by atoms with Crippen molar-refractivity contribution >= 4 is 11.7 Å². The highest BCUT2D eigenvalue weighted by Crippen LogP contribution is 2.18. The number of hydrogen-bond acceptors (Lipinski definition) is 4. The molecule has 1 aromatic heterocycles. The molecule has 1 aromatic rings. The number of anilines is 1. The molecule has 0 saturated carbocycles. The van der Waals surface area contributed by atoms with Crippen molar-refractivity contribution in [2.45, 2.75) is 52.6 Å². The van der Waals surface area contributed by atoms with Gasteiger partial charge >= 0.3 is 6.03 Å².